The number of likely N-dealkylation sites (N-methyl/N-ethyl adjacent to an activating group) is 1. The predicted molar refractivity (Wildman–Crippen MR) is 122 cm³/mol. The van der Waals surface area contributed by atoms with E-state index in [1.165, 1.54) is 9.80 Å². The van der Waals surface area contributed by atoms with Crippen LogP contribution in [0.25, 0.3) is 5.69 Å². The summed E-state index contributed by atoms with van der Waals surface area (Å²) in [5, 5.41) is 4.58. The van der Waals surface area contributed by atoms with Crippen molar-refractivity contribution in [2.45, 2.75) is 39.5 Å². The summed E-state index contributed by atoms with van der Waals surface area (Å²) >= 11 is 0. The summed E-state index contributed by atoms with van der Waals surface area (Å²) in [4.78, 5) is 41.8. The van der Waals surface area contributed by atoms with Crippen molar-refractivity contribution >= 4 is 23.6 Å². The van der Waals surface area contributed by atoms with Crippen molar-refractivity contribution in [3.05, 3.63) is 42.1 Å². The zero-order valence-electron chi connectivity index (χ0n) is 19.3. The second-order valence-corrected chi connectivity index (χ2v) is 8.54. The zero-order chi connectivity index (χ0) is 23.3. The molecule has 1 fully saturated rings. The van der Waals surface area contributed by atoms with Crippen molar-refractivity contribution in [2.75, 3.05) is 32.1 Å². The Balaban J connectivity index is 2.04. The molecule has 0 saturated heterocycles. The molecular formula is C24H32N4O4. The molecule has 0 spiro atoms. The van der Waals surface area contributed by atoms with Gasteiger partial charge in [-0.15, -0.1) is 5.10 Å². The van der Waals surface area contributed by atoms with E-state index >= 15 is 0 Å². The SMILES string of the molecule is CCOC(=O)c1cn(-c2ccccc2)nc1N(CC(=O)N(C)C)C(=O)[C@H]1CC[C@H](C)CC1. The highest BCUT2D eigenvalue weighted by molar-refractivity contribution is 6.04. The zero-order valence-corrected chi connectivity index (χ0v) is 19.3. The van der Waals surface area contributed by atoms with Crippen LogP contribution in [0.15, 0.2) is 36.5 Å². The van der Waals surface area contributed by atoms with Gasteiger partial charge in [0.25, 0.3) is 0 Å². The van der Waals surface area contributed by atoms with Crippen LogP contribution in [0, 0.1) is 11.8 Å². The van der Waals surface area contributed by atoms with Gasteiger partial charge in [-0.25, -0.2) is 9.48 Å². The lowest BCUT2D eigenvalue weighted by Crippen LogP contribution is -2.44. The minimum atomic E-state index is -0.572. The van der Waals surface area contributed by atoms with Gasteiger partial charge in [0.1, 0.15) is 12.1 Å². The van der Waals surface area contributed by atoms with E-state index in [1.54, 1.807) is 31.9 Å². The number of esters is 1. The van der Waals surface area contributed by atoms with E-state index in [2.05, 4.69) is 12.0 Å². The molecule has 2 aromatic rings. The van der Waals surface area contributed by atoms with Gasteiger partial charge in [-0.2, -0.15) is 0 Å². The Morgan fingerprint density at radius 3 is 2.34 bits per heavy atom. The summed E-state index contributed by atoms with van der Waals surface area (Å²) < 4.78 is 6.78. The van der Waals surface area contributed by atoms with Crippen molar-refractivity contribution < 1.29 is 19.1 Å². The van der Waals surface area contributed by atoms with E-state index in [4.69, 9.17) is 4.74 Å². The normalized spacial score (nSPS) is 18.1. The first-order valence-electron chi connectivity index (χ1n) is 11.2. The van der Waals surface area contributed by atoms with E-state index < -0.39 is 5.97 Å². The number of amides is 2. The second-order valence-electron chi connectivity index (χ2n) is 8.54. The molecule has 1 aliphatic rings. The largest absolute Gasteiger partial charge is 0.462 e. The van der Waals surface area contributed by atoms with Gasteiger partial charge in [0, 0.05) is 26.2 Å². The van der Waals surface area contributed by atoms with Crippen molar-refractivity contribution in [1.82, 2.24) is 14.7 Å². The van der Waals surface area contributed by atoms with E-state index in [-0.39, 0.29) is 42.3 Å². The van der Waals surface area contributed by atoms with Crippen LogP contribution in [0.2, 0.25) is 0 Å². The number of rotatable bonds is 7. The lowest BCUT2D eigenvalue weighted by Gasteiger charge is -2.30. The van der Waals surface area contributed by atoms with Crippen LogP contribution < -0.4 is 4.90 Å². The molecule has 3 rings (SSSR count). The minimum absolute atomic E-state index is 0.158. The van der Waals surface area contributed by atoms with Gasteiger partial charge in [0.2, 0.25) is 11.8 Å². The average Bonchev–Trinajstić information content (AvgIpc) is 3.23. The molecular weight excluding hydrogens is 408 g/mol. The third-order valence-corrected chi connectivity index (χ3v) is 5.89. The van der Waals surface area contributed by atoms with Crippen LogP contribution in [-0.2, 0) is 14.3 Å². The number of benzene rings is 1. The first-order chi connectivity index (χ1) is 15.3. The predicted octanol–water partition coefficient (Wildman–Crippen LogP) is 3.30. The van der Waals surface area contributed by atoms with Crippen LogP contribution >= 0.6 is 0 Å². The van der Waals surface area contributed by atoms with Gasteiger partial charge in [0.05, 0.1) is 12.3 Å². The molecule has 1 aromatic heterocycles. The Kier molecular flexibility index (Phi) is 7.66. The maximum atomic E-state index is 13.6. The topological polar surface area (TPSA) is 84.7 Å². The highest BCUT2D eigenvalue weighted by atomic mass is 16.5. The fourth-order valence-electron chi connectivity index (χ4n) is 3.89. The Morgan fingerprint density at radius 1 is 1.09 bits per heavy atom. The van der Waals surface area contributed by atoms with Gasteiger partial charge < -0.3 is 9.64 Å². The molecule has 0 bridgehead atoms. The minimum Gasteiger partial charge on any atom is -0.462 e. The third-order valence-electron chi connectivity index (χ3n) is 5.89. The monoisotopic (exact) mass is 440 g/mol. The summed E-state index contributed by atoms with van der Waals surface area (Å²) in [5.41, 5.74) is 0.905. The van der Waals surface area contributed by atoms with E-state index in [1.807, 2.05) is 30.3 Å². The first kappa shape index (κ1) is 23.5. The maximum absolute atomic E-state index is 13.6. The molecule has 0 atom stereocenters. The molecule has 1 heterocycles. The number of hydrogen-bond donors (Lipinski definition) is 0. The van der Waals surface area contributed by atoms with Gasteiger partial charge >= 0.3 is 5.97 Å². The molecule has 0 N–H and O–H groups in total. The van der Waals surface area contributed by atoms with Crippen molar-refractivity contribution in [1.29, 1.82) is 0 Å². The van der Waals surface area contributed by atoms with E-state index in [0.717, 1.165) is 31.4 Å². The molecule has 8 heteroatoms. The van der Waals surface area contributed by atoms with Crippen LogP contribution in [0.4, 0.5) is 5.82 Å². The van der Waals surface area contributed by atoms with Crippen molar-refractivity contribution in [3.63, 3.8) is 0 Å². The first-order valence-corrected chi connectivity index (χ1v) is 11.2. The molecule has 172 valence electrons. The molecule has 2 amide bonds. The fourth-order valence-corrected chi connectivity index (χ4v) is 3.89. The number of carbonyl (C=O) groups excluding carboxylic acids is 3. The molecule has 32 heavy (non-hydrogen) atoms. The number of ether oxygens (including phenoxy) is 1. The molecule has 0 aliphatic heterocycles. The molecule has 1 aromatic carbocycles. The van der Waals surface area contributed by atoms with Crippen molar-refractivity contribution in [2.24, 2.45) is 11.8 Å². The molecule has 0 unspecified atom stereocenters. The standard InChI is InChI=1S/C24H32N4O4/c1-5-32-24(31)20-15-28(19-9-7-6-8-10-19)25-22(20)27(16-21(29)26(3)4)23(30)18-13-11-17(2)12-14-18/h6-10,15,17-18H,5,11-14,16H2,1-4H3/t17-,18-. The smallest absolute Gasteiger partial charge is 0.343 e. The highest BCUT2D eigenvalue weighted by Gasteiger charge is 2.34. The Morgan fingerprint density at radius 2 is 1.75 bits per heavy atom. The Bertz CT molecular complexity index is 946. The number of aromatic nitrogens is 2. The van der Waals surface area contributed by atoms with Gasteiger partial charge in [-0.3, -0.25) is 14.5 Å². The number of anilines is 1. The Hall–Kier alpha value is -3.16. The average molecular weight is 441 g/mol. The van der Waals surface area contributed by atoms with Crippen LogP contribution in [0.3, 0.4) is 0 Å². The molecule has 8 nitrogen and oxygen atoms in total. The lowest BCUT2D eigenvalue weighted by molar-refractivity contribution is -0.130. The molecule has 1 aliphatic carbocycles. The van der Waals surface area contributed by atoms with Gasteiger partial charge in [-0.05, 0) is 50.7 Å². The number of carbonyl (C=O) groups is 3. The summed E-state index contributed by atoms with van der Waals surface area (Å²) in [6.45, 7) is 3.92. The van der Waals surface area contributed by atoms with E-state index in [0.29, 0.717) is 5.92 Å². The summed E-state index contributed by atoms with van der Waals surface area (Å²) in [5.74, 6) is -0.438. The second kappa shape index (κ2) is 10.4. The van der Waals surface area contributed by atoms with Crippen LogP contribution in [0.5, 0.6) is 0 Å². The molecule has 1 saturated carbocycles. The Labute approximate surface area is 189 Å². The summed E-state index contributed by atoms with van der Waals surface area (Å²) in [6.07, 6.45) is 5.03. The van der Waals surface area contributed by atoms with Crippen molar-refractivity contribution in [3.8, 4) is 5.69 Å². The van der Waals surface area contributed by atoms with Crippen LogP contribution in [-0.4, -0.2) is 59.7 Å². The van der Waals surface area contributed by atoms with Gasteiger partial charge in [-0.1, -0.05) is 25.1 Å². The number of para-hydroxylation sites is 1. The van der Waals surface area contributed by atoms with Gasteiger partial charge in [0.15, 0.2) is 5.82 Å². The highest BCUT2D eigenvalue weighted by Crippen LogP contribution is 2.32. The van der Waals surface area contributed by atoms with Crippen LogP contribution in [0.1, 0.15) is 49.9 Å². The fraction of sp³-hybridized carbons (Fsp3) is 0.500. The maximum Gasteiger partial charge on any atom is 0.343 e. The number of nitrogens with zero attached hydrogens (tertiary/aromatic N) is 4. The molecule has 0 radical (unpaired) electrons. The lowest BCUT2D eigenvalue weighted by atomic mass is 9.82. The third kappa shape index (κ3) is 5.36. The number of hydrogen-bond acceptors (Lipinski definition) is 5. The summed E-state index contributed by atoms with van der Waals surface area (Å²) in [6, 6.07) is 9.32. The quantitative estimate of drug-likeness (QED) is 0.617. The summed E-state index contributed by atoms with van der Waals surface area (Å²) in [7, 11) is 3.28. The van der Waals surface area contributed by atoms with E-state index in [9.17, 15) is 14.4 Å².